The molecule has 0 spiro atoms. The van der Waals surface area contributed by atoms with Crippen LogP contribution in [0, 0.1) is 5.92 Å². The lowest BCUT2D eigenvalue weighted by Crippen LogP contribution is -2.42. The average Bonchev–Trinajstić information content (AvgIpc) is 2.72. The number of amides is 2. The smallest absolute Gasteiger partial charge is 0.314 e. The van der Waals surface area contributed by atoms with Crippen molar-refractivity contribution in [1.82, 2.24) is 14.5 Å². The molecule has 158 valence electrons. The summed E-state index contributed by atoms with van der Waals surface area (Å²) in [6.07, 6.45) is 0.638. The van der Waals surface area contributed by atoms with E-state index < -0.39 is 0 Å². The Morgan fingerprint density at radius 3 is 2.47 bits per heavy atom. The molecule has 7 heteroatoms. The number of hydrogen-bond donors (Lipinski definition) is 1. The summed E-state index contributed by atoms with van der Waals surface area (Å²) in [5.74, 6) is 0.847. The van der Waals surface area contributed by atoms with Crippen molar-refractivity contribution in [2.24, 2.45) is 13.0 Å². The number of urea groups is 1. The SMILES string of the molecule is CCC(c1nc2ccccc2c(=O)n1C)N(CC(C)C)C(=O)Nc1ccc(Br)cc1. The van der Waals surface area contributed by atoms with Gasteiger partial charge < -0.3 is 10.2 Å². The van der Waals surface area contributed by atoms with Crippen LogP contribution in [0.2, 0.25) is 0 Å². The molecular formula is C23H27BrN4O2. The predicted octanol–water partition coefficient (Wildman–Crippen LogP) is 5.34. The second-order valence-electron chi connectivity index (χ2n) is 7.76. The third-order valence-corrected chi connectivity index (χ3v) is 5.53. The van der Waals surface area contributed by atoms with Crippen molar-refractivity contribution in [1.29, 1.82) is 0 Å². The molecule has 0 saturated carbocycles. The lowest BCUT2D eigenvalue weighted by molar-refractivity contribution is 0.170. The van der Waals surface area contributed by atoms with Crippen LogP contribution in [0.1, 0.15) is 39.1 Å². The van der Waals surface area contributed by atoms with E-state index in [2.05, 4.69) is 35.1 Å². The molecule has 6 nitrogen and oxygen atoms in total. The second-order valence-corrected chi connectivity index (χ2v) is 8.67. The Morgan fingerprint density at radius 1 is 1.17 bits per heavy atom. The van der Waals surface area contributed by atoms with E-state index in [1.165, 1.54) is 0 Å². The highest BCUT2D eigenvalue weighted by atomic mass is 79.9. The fraction of sp³-hybridized carbons (Fsp3) is 0.348. The van der Waals surface area contributed by atoms with E-state index in [-0.39, 0.29) is 23.6 Å². The number of hydrogen-bond acceptors (Lipinski definition) is 3. The first-order chi connectivity index (χ1) is 14.3. The van der Waals surface area contributed by atoms with Gasteiger partial charge >= 0.3 is 6.03 Å². The highest BCUT2D eigenvalue weighted by molar-refractivity contribution is 9.10. The zero-order valence-electron chi connectivity index (χ0n) is 17.7. The minimum Gasteiger partial charge on any atom is -0.314 e. The van der Waals surface area contributed by atoms with Gasteiger partial charge in [-0.25, -0.2) is 9.78 Å². The molecule has 1 heterocycles. The lowest BCUT2D eigenvalue weighted by atomic mass is 10.1. The number of carbonyl (C=O) groups is 1. The van der Waals surface area contributed by atoms with Crippen LogP contribution in [0.3, 0.4) is 0 Å². The van der Waals surface area contributed by atoms with Gasteiger partial charge in [-0.05, 0) is 48.7 Å². The maximum Gasteiger partial charge on any atom is 0.322 e. The van der Waals surface area contributed by atoms with Gasteiger partial charge in [-0.2, -0.15) is 0 Å². The van der Waals surface area contributed by atoms with E-state index >= 15 is 0 Å². The number of para-hydroxylation sites is 1. The number of nitrogens with zero attached hydrogens (tertiary/aromatic N) is 3. The zero-order chi connectivity index (χ0) is 21.8. The Hall–Kier alpha value is -2.67. The van der Waals surface area contributed by atoms with Crippen molar-refractivity contribution in [3.05, 3.63) is 69.2 Å². The van der Waals surface area contributed by atoms with Gasteiger partial charge in [0.2, 0.25) is 0 Å². The van der Waals surface area contributed by atoms with Gasteiger partial charge in [0.05, 0.1) is 16.9 Å². The van der Waals surface area contributed by atoms with Gasteiger partial charge in [0.15, 0.2) is 0 Å². The summed E-state index contributed by atoms with van der Waals surface area (Å²) < 4.78 is 2.51. The standard InChI is InChI=1S/C23H27BrN4O2/c1-5-20(21-26-19-9-7-6-8-18(19)22(29)27(21)4)28(14-15(2)3)23(30)25-17-12-10-16(24)11-13-17/h6-13,15,20H,5,14H2,1-4H3,(H,25,30). The van der Waals surface area contributed by atoms with E-state index in [1.54, 1.807) is 22.6 Å². The number of anilines is 1. The maximum absolute atomic E-state index is 13.3. The van der Waals surface area contributed by atoms with E-state index in [9.17, 15) is 9.59 Å². The first kappa shape index (κ1) is 22.0. The third-order valence-electron chi connectivity index (χ3n) is 5.00. The van der Waals surface area contributed by atoms with Crippen LogP contribution in [0.5, 0.6) is 0 Å². The number of aromatic nitrogens is 2. The lowest BCUT2D eigenvalue weighted by Gasteiger charge is -2.33. The summed E-state index contributed by atoms with van der Waals surface area (Å²) in [6, 6.07) is 14.2. The summed E-state index contributed by atoms with van der Waals surface area (Å²) in [6.45, 7) is 6.69. The molecular weight excluding hydrogens is 444 g/mol. The number of nitrogens with one attached hydrogen (secondary N) is 1. The number of carbonyl (C=O) groups excluding carboxylic acids is 1. The highest BCUT2D eigenvalue weighted by Gasteiger charge is 2.28. The monoisotopic (exact) mass is 470 g/mol. The molecule has 0 aliphatic rings. The normalized spacial score (nSPS) is 12.2. The summed E-state index contributed by atoms with van der Waals surface area (Å²) in [4.78, 5) is 32.7. The molecule has 3 aromatic rings. The minimum atomic E-state index is -0.329. The van der Waals surface area contributed by atoms with Crippen LogP contribution >= 0.6 is 15.9 Å². The summed E-state index contributed by atoms with van der Waals surface area (Å²) in [5, 5.41) is 3.56. The van der Waals surface area contributed by atoms with Gasteiger partial charge in [-0.15, -0.1) is 0 Å². The molecule has 2 aromatic carbocycles. The van der Waals surface area contributed by atoms with E-state index in [1.807, 2.05) is 49.4 Å². The molecule has 3 rings (SSSR count). The number of benzene rings is 2. The maximum atomic E-state index is 13.3. The van der Waals surface area contributed by atoms with E-state index in [0.29, 0.717) is 35.4 Å². The minimum absolute atomic E-state index is 0.105. The van der Waals surface area contributed by atoms with Crippen molar-refractivity contribution in [2.45, 2.75) is 33.2 Å². The fourth-order valence-electron chi connectivity index (χ4n) is 3.55. The molecule has 1 aromatic heterocycles. The first-order valence-corrected chi connectivity index (χ1v) is 10.9. The van der Waals surface area contributed by atoms with Crippen LogP contribution in [0.4, 0.5) is 10.5 Å². The topological polar surface area (TPSA) is 67.2 Å². The van der Waals surface area contributed by atoms with Crippen LogP contribution in [-0.2, 0) is 7.05 Å². The Labute approximate surface area is 185 Å². The molecule has 0 fully saturated rings. The number of rotatable bonds is 6. The van der Waals surface area contributed by atoms with Gasteiger partial charge in [0.1, 0.15) is 5.82 Å². The van der Waals surface area contributed by atoms with Crippen molar-refractivity contribution < 1.29 is 4.79 Å². The van der Waals surface area contributed by atoms with Crippen LogP contribution in [0.15, 0.2) is 57.8 Å². The fourth-order valence-corrected chi connectivity index (χ4v) is 3.81. The second kappa shape index (κ2) is 9.43. The van der Waals surface area contributed by atoms with Gasteiger partial charge in [-0.3, -0.25) is 9.36 Å². The first-order valence-electron chi connectivity index (χ1n) is 10.1. The Balaban J connectivity index is 2.02. The third kappa shape index (κ3) is 4.73. The van der Waals surface area contributed by atoms with Crippen LogP contribution in [-0.4, -0.2) is 27.0 Å². The molecule has 30 heavy (non-hydrogen) atoms. The summed E-state index contributed by atoms with van der Waals surface area (Å²) in [7, 11) is 1.72. The number of halogens is 1. The highest BCUT2D eigenvalue weighted by Crippen LogP contribution is 2.25. The van der Waals surface area contributed by atoms with Crippen LogP contribution in [0.25, 0.3) is 10.9 Å². The van der Waals surface area contributed by atoms with E-state index in [4.69, 9.17) is 4.98 Å². The molecule has 0 aliphatic heterocycles. The number of fused-ring (bicyclic) bond motifs is 1. The molecule has 0 bridgehead atoms. The predicted molar refractivity (Wildman–Crippen MR) is 125 cm³/mol. The Bertz CT molecular complexity index is 1090. The largest absolute Gasteiger partial charge is 0.322 e. The Morgan fingerprint density at radius 2 is 1.83 bits per heavy atom. The molecule has 1 N–H and O–H groups in total. The Kier molecular flexibility index (Phi) is 6.92. The van der Waals surface area contributed by atoms with E-state index in [0.717, 1.165) is 4.47 Å². The van der Waals surface area contributed by atoms with Gasteiger partial charge in [-0.1, -0.05) is 48.8 Å². The van der Waals surface area contributed by atoms with Crippen molar-refractivity contribution >= 4 is 38.6 Å². The zero-order valence-corrected chi connectivity index (χ0v) is 19.3. The van der Waals surface area contributed by atoms with Crippen molar-refractivity contribution in [3.8, 4) is 0 Å². The molecule has 2 amide bonds. The van der Waals surface area contributed by atoms with Gasteiger partial charge in [0, 0.05) is 23.8 Å². The van der Waals surface area contributed by atoms with Crippen molar-refractivity contribution in [2.75, 3.05) is 11.9 Å². The quantitative estimate of drug-likeness (QED) is 0.528. The average molecular weight is 471 g/mol. The van der Waals surface area contributed by atoms with Crippen LogP contribution < -0.4 is 10.9 Å². The van der Waals surface area contributed by atoms with Gasteiger partial charge in [0.25, 0.3) is 5.56 Å². The summed E-state index contributed by atoms with van der Waals surface area (Å²) >= 11 is 3.41. The molecule has 0 aliphatic carbocycles. The molecule has 1 unspecified atom stereocenters. The molecule has 1 atom stereocenters. The summed E-state index contributed by atoms with van der Waals surface area (Å²) in [5.41, 5.74) is 1.26. The molecule has 0 radical (unpaired) electrons. The molecule has 0 saturated heterocycles. The van der Waals surface area contributed by atoms with Crippen molar-refractivity contribution in [3.63, 3.8) is 0 Å².